The van der Waals surface area contributed by atoms with Gasteiger partial charge in [-0.3, -0.25) is 19.5 Å². The molecule has 0 saturated heterocycles. The Bertz CT molecular complexity index is 2130. The van der Waals surface area contributed by atoms with Gasteiger partial charge in [0.1, 0.15) is 13.2 Å². The number of anilines is 2. The Morgan fingerprint density at radius 1 is 0.925 bits per heavy atom. The molecule has 3 aromatic carbocycles. The fraction of sp³-hybridized carbons (Fsp3) is 0.268. The molecule has 4 aliphatic heterocycles. The van der Waals surface area contributed by atoms with Gasteiger partial charge >= 0.3 is 5.97 Å². The van der Waals surface area contributed by atoms with Crippen LogP contribution in [-0.2, 0) is 16.0 Å². The third kappa shape index (κ3) is 6.52. The topological polar surface area (TPSA) is 128 Å². The lowest BCUT2D eigenvalue weighted by atomic mass is 10.1. The molecule has 2 amide bonds. The van der Waals surface area contributed by atoms with E-state index in [0.717, 1.165) is 28.9 Å². The fourth-order valence-corrected chi connectivity index (χ4v) is 7.22. The predicted octanol–water partition coefficient (Wildman–Crippen LogP) is 6.20. The molecule has 12 nitrogen and oxygen atoms in total. The van der Waals surface area contributed by atoms with Crippen LogP contribution in [0.2, 0.25) is 0 Å². The Morgan fingerprint density at radius 3 is 2.32 bits per heavy atom. The van der Waals surface area contributed by atoms with Crippen molar-refractivity contribution in [2.24, 2.45) is 4.99 Å². The number of carbonyl (C=O) groups is 3. The number of nitrogens with one attached hydrogen (secondary N) is 1. The van der Waals surface area contributed by atoms with E-state index in [4.69, 9.17) is 23.7 Å². The largest absolute Gasteiger partial charge is 0.493 e. The smallest absolute Gasteiger partial charge is 0.330 e. The first-order valence-corrected chi connectivity index (χ1v) is 17.3. The van der Waals surface area contributed by atoms with Gasteiger partial charge in [0.2, 0.25) is 0 Å². The number of allylic oxidation sites excluding steroid dienone is 3. The molecule has 12 heteroatoms. The van der Waals surface area contributed by atoms with Crippen molar-refractivity contribution in [3.63, 3.8) is 0 Å². The highest BCUT2D eigenvalue weighted by molar-refractivity contribution is 6.12. The van der Waals surface area contributed by atoms with Gasteiger partial charge in [-0.1, -0.05) is 36.9 Å². The van der Waals surface area contributed by atoms with Gasteiger partial charge in [-0.2, -0.15) is 0 Å². The minimum Gasteiger partial charge on any atom is -0.493 e. The second-order valence-corrected chi connectivity index (χ2v) is 12.9. The van der Waals surface area contributed by atoms with Gasteiger partial charge in [0.15, 0.2) is 23.0 Å². The van der Waals surface area contributed by atoms with E-state index in [2.05, 4.69) is 23.0 Å². The summed E-state index contributed by atoms with van der Waals surface area (Å²) in [4.78, 5) is 48.4. The summed E-state index contributed by atoms with van der Waals surface area (Å²) in [5.74, 6) is 0.404. The molecule has 0 radical (unpaired) electrons. The number of fused-ring (bicyclic) bond motifs is 6. The van der Waals surface area contributed by atoms with Crippen LogP contribution >= 0.6 is 0 Å². The third-order valence-electron chi connectivity index (χ3n) is 9.73. The number of amides is 2. The van der Waals surface area contributed by atoms with Crippen LogP contribution in [0.4, 0.5) is 17.1 Å². The highest BCUT2D eigenvalue weighted by Gasteiger charge is 2.38. The zero-order chi connectivity index (χ0) is 37.2. The maximum atomic E-state index is 13.9. The van der Waals surface area contributed by atoms with Crippen LogP contribution in [0, 0.1) is 0 Å². The van der Waals surface area contributed by atoms with E-state index in [1.807, 2.05) is 42.2 Å². The molecule has 272 valence electrons. The van der Waals surface area contributed by atoms with Crippen LogP contribution < -0.4 is 29.2 Å². The fourth-order valence-electron chi connectivity index (χ4n) is 7.22. The lowest BCUT2D eigenvalue weighted by molar-refractivity contribution is -0.134. The second kappa shape index (κ2) is 14.7. The number of hydrogen-bond acceptors (Lipinski definition) is 10. The van der Waals surface area contributed by atoms with Crippen molar-refractivity contribution >= 4 is 41.1 Å². The number of aliphatic imine (C=N–C) groups is 1. The van der Waals surface area contributed by atoms with Gasteiger partial charge in [-0.25, -0.2) is 4.79 Å². The number of rotatable bonds is 11. The molecule has 0 fully saturated rings. The van der Waals surface area contributed by atoms with Crippen molar-refractivity contribution < 1.29 is 38.1 Å². The highest BCUT2D eigenvalue weighted by Crippen LogP contribution is 2.42. The number of esters is 1. The molecule has 3 aromatic rings. The molecule has 0 unspecified atom stereocenters. The molecular weight excluding hydrogens is 676 g/mol. The molecule has 53 heavy (non-hydrogen) atoms. The summed E-state index contributed by atoms with van der Waals surface area (Å²) >= 11 is 0. The van der Waals surface area contributed by atoms with Crippen LogP contribution in [0.15, 0.2) is 101 Å². The predicted molar refractivity (Wildman–Crippen MR) is 201 cm³/mol. The van der Waals surface area contributed by atoms with Crippen LogP contribution in [0.1, 0.15) is 39.6 Å². The Hall–Kier alpha value is -6.30. The number of nitrogens with zero attached hydrogens (tertiary/aromatic N) is 3. The molecule has 2 atom stereocenters. The Labute approximate surface area is 307 Å². The Balaban J connectivity index is 1.11. The average molecular weight is 717 g/mol. The summed E-state index contributed by atoms with van der Waals surface area (Å²) in [5.41, 5.74) is 6.10. The van der Waals surface area contributed by atoms with Crippen molar-refractivity contribution in [3.8, 4) is 23.0 Å². The standard InChI is InChI=1S/C41H40N4O8/c1-6-10-25-14-27-20-42-31-18-37(35(49-3)16-29(31)40(47)44(27)33(25)7-2)52-22-24(13-39(46)51-5)23-53-38-19-32-30(17-36(38)50-4)41(48)45-28(21-43-32)15-26-11-8-9-12-34(26)45/h6-13,16-20,27-28,43H,2,14-15,21-23H2,1,3-5H3/b10-6-,24-13-/t27-,28-/m0/s1. The maximum absolute atomic E-state index is 13.9. The summed E-state index contributed by atoms with van der Waals surface area (Å²) in [6.45, 7) is 6.26. The Kier molecular flexibility index (Phi) is 9.77. The van der Waals surface area contributed by atoms with Crippen molar-refractivity contribution in [2.45, 2.75) is 31.8 Å². The van der Waals surface area contributed by atoms with E-state index in [9.17, 15) is 14.4 Å². The summed E-state index contributed by atoms with van der Waals surface area (Å²) in [5, 5.41) is 3.43. The first-order chi connectivity index (χ1) is 25.8. The number of hydrogen-bond donors (Lipinski definition) is 1. The van der Waals surface area contributed by atoms with Crippen molar-refractivity contribution in [1.82, 2.24) is 4.90 Å². The molecule has 0 bridgehead atoms. The van der Waals surface area contributed by atoms with E-state index >= 15 is 0 Å². The van der Waals surface area contributed by atoms with Gasteiger partial charge < -0.3 is 33.9 Å². The summed E-state index contributed by atoms with van der Waals surface area (Å²) in [6, 6.07) is 14.3. The lowest BCUT2D eigenvalue weighted by Gasteiger charge is -2.23. The molecule has 0 aromatic heterocycles. The van der Waals surface area contributed by atoms with E-state index in [0.29, 0.717) is 64.0 Å². The van der Waals surface area contributed by atoms with E-state index < -0.39 is 5.97 Å². The highest BCUT2D eigenvalue weighted by atomic mass is 16.5. The van der Waals surface area contributed by atoms with Gasteiger partial charge in [0.05, 0.1) is 55.9 Å². The Morgan fingerprint density at radius 2 is 1.62 bits per heavy atom. The zero-order valence-corrected chi connectivity index (χ0v) is 30.0. The minimum atomic E-state index is -0.595. The van der Waals surface area contributed by atoms with Gasteiger partial charge in [0, 0.05) is 54.3 Å². The monoisotopic (exact) mass is 716 g/mol. The second-order valence-electron chi connectivity index (χ2n) is 12.9. The number of methoxy groups -OCH3 is 3. The van der Waals surface area contributed by atoms with Gasteiger partial charge in [-0.15, -0.1) is 0 Å². The molecular formula is C41H40N4O8. The maximum Gasteiger partial charge on any atom is 0.330 e. The van der Waals surface area contributed by atoms with E-state index in [-0.39, 0.29) is 37.1 Å². The number of ether oxygens (including phenoxy) is 5. The van der Waals surface area contributed by atoms with Gasteiger partial charge in [-0.05, 0) is 48.8 Å². The van der Waals surface area contributed by atoms with Crippen LogP contribution in [0.3, 0.4) is 0 Å². The molecule has 7 rings (SSSR count). The number of carbonyl (C=O) groups excluding carboxylic acids is 3. The van der Waals surface area contributed by atoms with Crippen molar-refractivity contribution in [3.05, 3.63) is 113 Å². The number of para-hydroxylation sites is 1. The summed E-state index contributed by atoms with van der Waals surface area (Å²) in [7, 11) is 4.27. The average Bonchev–Trinajstić information content (AvgIpc) is 3.65. The molecule has 4 heterocycles. The van der Waals surface area contributed by atoms with Crippen molar-refractivity contribution in [2.75, 3.05) is 51.3 Å². The van der Waals surface area contributed by atoms with E-state index in [1.54, 1.807) is 41.5 Å². The van der Waals surface area contributed by atoms with Gasteiger partial charge in [0.25, 0.3) is 11.8 Å². The normalized spacial score (nSPS) is 18.7. The quantitative estimate of drug-likeness (QED) is 0.182. The molecule has 0 aliphatic carbocycles. The first kappa shape index (κ1) is 35.1. The van der Waals surface area contributed by atoms with Crippen LogP contribution in [0.5, 0.6) is 23.0 Å². The summed E-state index contributed by atoms with van der Waals surface area (Å²) < 4.78 is 28.6. The zero-order valence-electron chi connectivity index (χ0n) is 30.0. The third-order valence-corrected chi connectivity index (χ3v) is 9.73. The molecule has 0 saturated carbocycles. The van der Waals surface area contributed by atoms with Crippen LogP contribution in [0.25, 0.3) is 0 Å². The first-order valence-electron chi connectivity index (χ1n) is 17.3. The van der Waals surface area contributed by atoms with Crippen LogP contribution in [-0.4, -0.2) is 82.1 Å². The summed E-state index contributed by atoms with van der Waals surface area (Å²) in [6.07, 6.45) is 10.0. The molecule has 4 aliphatic rings. The SMILES string of the molecule is C=CC1=C(/C=C\C)C[C@H]2C=Nc3cc(OC/C(=C/C(=O)OC)COc4cc5c(cc4OC)C(=O)N4c6ccccc6C[C@H]4CN5)c(OC)cc3C(=O)N12. The molecule has 1 N–H and O–H groups in total. The molecule has 0 spiro atoms. The van der Waals surface area contributed by atoms with Crippen molar-refractivity contribution in [1.29, 1.82) is 0 Å². The number of benzene rings is 3. The lowest BCUT2D eigenvalue weighted by Crippen LogP contribution is -2.39. The van der Waals surface area contributed by atoms with E-state index in [1.165, 1.54) is 27.4 Å². The minimum absolute atomic E-state index is 0.0298.